The molecule has 2 N–H and O–H groups in total. The molecule has 3 aromatic heterocycles. The van der Waals surface area contributed by atoms with Gasteiger partial charge >= 0.3 is 0 Å². The van der Waals surface area contributed by atoms with E-state index in [1.54, 1.807) is 19.9 Å². The number of alkyl halides is 4. The molecule has 4 rings (SSSR count). The second-order valence-electron chi connectivity index (χ2n) is 8.17. The number of halogens is 5. The van der Waals surface area contributed by atoms with Crippen LogP contribution in [0.1, 0.15) is 51.9 Å². The minimum Gasteiger partial charge on any atom is -0.454 e. The summed E-state index contributed by atoms with van der Waals surface area (Å²) in [7, 11) is -4.01. The van der Waals surface area contributed by atoms with Crippen molar-refractivity contribution >= 4 is 39.2 Å². The highest BCUT2D eigenvalue weighted by Gasteiger charge is 2.28. The average Bonchev–Trinajstić information content (AvgIpc) is 3.43. The van der Waals surface area contributed by atoms with Gasteiger partial charge in [0.25, 0.3) is 28.8 Å². The van der Waals surface area contributed by atoms with Gasteiger partial charge in [0.15, 0.2) is 5.76 Å². The Kier molecular flexibility index (Phi) is 7.92. The normalized spacial score (nSPS) is 11.8. The molecule has 4 aromatic rings. The Labute approximate surface area is 224 Å². The number of amides is 1. The zero-order valence-electron chi connectivity index (χ0n) is 20.1. The zero-order valence-corrected chi connectivity index (χ0v) is 21.7. The molecule has 39 heavy (non-hydrogen) atoms. The van der Waals surface area contributed by atoms with Crippen molar-refractivity contribution in [3.05, 3.63) is 81.8 Å². The van der Waals surface area contributed by atoms with E-state index in [0.717, 1.165) is 0 Å². The fourth-order valence-corrected chi connectivity index (χ4v) is 4.78. The van der Waals surface area contributed by atoms with E-state index in [1.165, 1.54) is 36.4 Å². The molecule has 0 spiro atoms. The van der Waals surface area contributed by atoms with Crippen LogP contribution in [0.15, 0.2) is 51.8 Å². The largest absolute Gasteiger partial charge is 0.454 e. The lowest BCUT2D eigenvalue weighted by atomic mass is 10.3. The molecule has 3 heterocycles. The molecule has 0 bridgehead atoms. The minimum absolute atomic E-state index is 0.0249. The van der Waals surface area contributed by atoms with Crippen molar-refractivity contribution in [2.45, 2.75) is 38.1 Å². The molecular formula is C23H19ClF4N6O4S. The van der Waals surface area contributed by atoms with E-state index >= 15 is 0 Å². The highest BCUT2D eigenvalue weighted by Crippen LogP contribution is 2.35. The van der Waals surface area contributed by atoms with Crippen LogP contribution in [0, 0.1) is 13.8 Å². The van der Waals surface area contributed by atoms with E-state index in [-0.39, 0.29) is 28.1 Å². The van der Waals surface area contributed by atoms with Crippen molar-refractivity contribution in [2.75, 3.05) is 10.0 Å². The maximum Gasteiger partial charge on any atom is 0.291 e. The SMILES string of the molecule is Cc1cc(C)nc(NS(=O)(=O)c2ccc(NC(=O)c3ccc(Cn4nc(C(F)F)c(Cl)c4C(F)F)o3)cc2)n1. The summed E-state index contributed by atoms with van der Waals surface area (Å²) in [6.45, 7) is 2.91. The standard InChI is InChI=1S/C23H19ClF4N6O4S/c1-11-9-12(2)30-23(29-11)33-39(36,37)15-6-3-13(4-7-15)31-22(35)16-8-5-14(38-16)10-34-19(21(27)28)17(24)18(32-34)20(25)26/h3-9,20-21H,10H2,1-2H3,(H,31,35)(H,29,30,33). The molecule has 0 saturated carbocycles. The highest BCUT2D eigenvalue weighted by molar-refractivity contribution is 7.92. The third-order valence-electron chi connectivity index (χ3n) is 5.19. The molecule has 206 valence electrons. The summed E-state index contributed by atoms with van der Waals surface area (Å²) in [5.74, 6) is -1.06. The van der Waals surface area contributed by atoms with Crippen LogP contribution in [0.3, 0.4) is 0 Å². The quantitative estimate of drug-likeness (QED) is 0.247. The minimum atomic E-state index is -4.01. The van der Waals surface area contributed by atoms with Gasteiger partial charge in [-0.3, -0.25) is 9.48 Å². The van der Waals surface area contributed by atoms with Crippen LogP contribution in [0.25, 0.3) is 0 Å². The number of furan rings is 1. The van der Waals surface area contributed by atoms with E-state index in [1.807, 2.05) is 0 Å². The van der Waals surface area contributed by atoms with Crippen LogP contribution in [0.2, 0.25) is 5.02 Å². The van der Waals surface area contributed by atoms with Gasteiger partial charge in [0, 0.05) is 17.1 Å². The van der Waals surface area contributed by atoms with Gasteiger partial charge in [-0.25, -0.2) is 40.7 Å². The molecule has 10 nitrogen and oxygen atoms in total. The summed E-state index contributed by atoms with van der Waals surface area (Å²) in [6.07, 6.45) is -6.34. The summed E-state index contributed by atoms with van der Waals surface area (Å²) in [5, 5.41) is 5.10. The average molecular weight is 587 g/mol. The predicted molar refractivity (Wildman–Crippen MR) is 132 cm³/mol. The second kappa shape index (κ2) is 11.0. The van der Waals surface area contributed by atoms with E-state index in [9.17, 15) is 30.8 Å². The molecule has 0 aliphatic heterocycles. The maximum atomic E-state index is 13.4. The van der Waals surface area contributed by atoms with Gasteiger partial charge in [-0.05, 0) is 56.3 Å². The van der Waals surface area contributed by atoms with Crippen molar-refractivity contribution in [2.24, 2.45) is 0 Å². The molecule has 0 saturated heterocycles. The Hall–Kier alpha value is -3.98. The topological polar surface area (TPSA) is 132 Å². The molecule has 1 aromatic carbocycles. The third kappa shape index (κ3) is 6.37. The first-order valence-corrected chi connectivity index (χ1v) is 12.9. The van der Waals surface area contributed by atoms with Gasteiger partial charge in [0.05, 0.1) is 16.5 Å². The molecule has 0 fully saturated rings. The number of sulfonamides is 1. The van der Waals surface area contributed by atoms with Crippen molar-refractivity contribution in [3.63, 3.8) is 0 Å². The van der Waals surface area contributed by atoms with E-state index in [0.29, 0.717) is 16.1 Å². The Morgan fingerprint density at radius 2 is 1.67 bits per heavy atom. The molecule has 0 atom stereocenters. The summed E-state index contributed by atoms with van der Waals surface area (Å²) in [5.41, 5.74) is -0.498. The first-order valence-electron chi connectivity index (χ1n) is 11.0. The fraction of sp³-hybridized carbons (Fsp3) is 0.217. The van der Waals surface area contributed by atoms with Crippen LogP contribution in [-0.2, 0) is 16.6 Å². The Morgan fingerprint density at radius 3 is 2.26 bits per heavy atom. The Morgan fingerprint density at radius 1 is 1.03 bits per heavy atom. The number of nitrogens with zero attached hydrogens (tertiary/aromatic N) is 4. The number of rotatable bonds is 9. The van der Waals surface area contributed by atoms with Gasteiger partial charge in [-0.15, -0.1) is 0 Å². The molecule has 16 heteroatoms. The number of nitrogens with one attached hydrogen (secondary N) is 2. The van der Waals surface area contributed by atoms with Gasteiger partial charge in [-0.1, -0.05) is 11.6 Å². The lowest BCUT2D eigenvalue weighted by molar-refractivity contribution is 0.0994. The second-order valence-corrected chi connectivity index (χ2v) is 10.2. The molecule has 1 amide bonds. The van der Waals surface area contributed by atoms with Crippen molar-refractivity contribution in [1.29, 1.82) is 0 Å². The number of benzene rings is 1. The highest BCUT2D eigenvalue weighted by atomic mass is 35.5. The maximum absolute atomic E-state index is 13.4. The summed E-state index contributed by atoms with van der Waals surface area (Å²) in [4.78, 5) is 20.5. The van der Waals surface area contributed by atoms with Crippen molar-refractivity contribution < 1.29 is 35.2 Å². The monoisotopic (exact) mass is 586 g/mol. The van der Waals surface area contributed by atoms with Crippen LogP contribution in [-0.4, -0.2) is 34.1 Å². The van der Waals surface area contributed by atoms with E-state index in [2.05, 4.69) is 25.1 Å². The smallest absolute Gasteiger partial charge is 0.291 e. The molecule has 0 unspecified atom stereocenters. The molecule has 0 radical (unpaired) electrons. The Balaban J connectivity index is 1.44. The number of carbonyl (C=O) groups excluding carboxylic acids is 1. The molecule has 0 aliphatic rings. The number of aromatic nitrogens is 4. The van der Waals surface area contributed by atoms with E-state index in [4.69, 9.17) is 16.0 Å². The van der Waals surface area contributed by atoms with Crippen molar-refractivity contribution in [1.82, 2.24) is 19.7 Å². The molecular weight excluding hydrogens is 568 g/mol. The van der Waals surface area contributed by atoms with Gasteiger partial charge in [0.1, 0.15) is 17.1 Å². The number of carbonyl (C=O) groups is 1. The van der Waals surface area contributed by atoms with Gasteiger partial charge in [-0.2, -0.15) is 5.10 Å². The number of anilines is 2. The van der Waals surface area contributed by atoms with Crippen LogP contribution < -0.4 is 10.0 Å². The Bertz CT molecular complexity index is 1600. The first kappa shape index (κ1) is 28.0. The number of hydrogen-bond donors (Lipinski definition) is 2. The van der Waals surface area contributed by atoms with Gasteiger partial charge < -0.3 is 9.73 Å². The van der Waals surface area contributed by atoms with Crippen LogP contribution in [0.4, 0.5) is 29.2 Å². The summed E-state index contributed by atoms with van der Waals surface area (Å²) < 4.78 is 86.3. The number of hydrogen-bond acceptors (Lipinski definition) is 7. The predicted octanol–water partition coefficient (Wildman–Crippen LogP) is 5.51. The number of aryl methyl sites for hydroxylation is 2. The fourth-order valence-electron chi connectivity index (χ4n) is 3.53. The molecule has 0 aliphatic carbocycles. The first-order chi connectivity index (χ1) is 18.3. The lowest BCUT2D eigenvalue weighted by Gasteiger charge is -2.09. The summed E-state index contributed by atoms with van der Waals surface area (Å²) in [6, 6.07) is 9.41. The van der Waals surface area contributed by atoms with Crippen LogP contribution >= 0.6 is 11.6 Å². The van der Waals surface area contributed by atoms with Crippen molar-refractivity contribution in [3.8, 4) is 0 Å². The van der Waals surface area contributed by atoms with Gasteiger partial charge in [0.2, 0.25) is 5.95 Å². The summed E-state index contributed by atoms with van der Waals surface area (Å²) >= 11 is 5.64. The third-order valence-corrected chi connectivity index (χ3v) is 6.92. The van der Waals surface area contributed by atoms with Crippen LogP contribution in [0.5, 0.6) is 0 Å². The van der Waals surface area contributed by atoms with E-state index < -0.39 is 51.7 Å². The lowest BCUT2D eigenvalue weighted by Crippen LogP contribution is -2.16. The zero-order chi connectivity index (χ0) is 28.5.